The Kier molecular flexibility index (Phi) is 3.60. The van der Waals surface area contributed by atoms with Crippen LogP contribution in [0.5, 0.6) is 5.75 Å². The molecule has 0 unspecified atom stereocenters. The number of phenols is 1. The van der Waals surface area contributed by atoms with E-state index in [9.17, 15) is 9.90 Å². The summed E-state index contributed by atoms with van der Waals surface area (Å²) < 4.78 is 0. The molecule has 0 radical (unpaired) electrons. The van der Waals surface area contributed by atoms with Crippen LogP contribution in [0.2, 0.25) is 5.02 Å². The number of carbonyl (C=O) groups excluding carboxylic acids is 1. The Balaban J connectivity index is 2.26. The van der Waals surface area contributed by atoms with Crippen molar-refractivity contribution >= 4 is 28.9 Å². The first kappa shape index (κ1) is 15.5. The summed E-state index contributed by atoms with van der Waals surface area (Å²) in [4.78, 5) is 12.6. The highest BCUT2D eigenvalue weighted by atomic mass is 35.5. The minimum atomic E-state index is -0.326. The van der Waals surface area contributed by atoms with Gasteiger partial charge in [0, 0.05) is 16.1 Å². The lowest BCUT2D eigenvalue weighted by Crippen LogP contribution is -2.14. The molecule has 0 bridgehead atoms. The second kappa shape index (κ2) is 5.35. The molecule has 0 saturated carbocycles. The summed E-state index contributed by atoms with van der Waals surface area (Å²) in [5.74, 6) is 0.0644. The summed E-state index contributed by atoms with van der Waals surface area (Å²) in [6.07, 6.45) is 0.748. The van der Waals surface area contributed by atoms with Crippen LogP contribution in [0.3, 0.4) is 0 Å². The van der Waals surface area contributed by atoms with E-state index in [4.69, 9.17) is 11.6 Å². The van der Waals surface area contributed by atoms with Gasteiger partial charge in [0.25, 0.3) is 0 Å². The quantitative estimate of drug-likeness (QED) is 0.724. The summed E-state index contributed by atoms with van der Waals surface area (Å²) in [5, 5.41) is 19.9. The van der Waals surface area contributed by atoms with E-state index in [1.54, 1.807) is 30.3 Å². The van der Waals surface area contributed by atoms with Crippen LogP contribution < -0.4 is 0 Å². The average molecular weight is 330 g/mol. The van der Waals surface area contributed by atoms with E-state index in [1.165, 1.54) is 4.80 Å². The number of hydrogen-bond donors (Lipinski definition) is 1. The smallest absolute Gasteiger partial charge is 0.150 e. The van der Waals surface area contributed by atoms with Crippen LogP contribution in [-0.2, 0) is 5.41 Å². The molecule has 3 rings (SSSR count). The van der Waals surface area contributed by atoms with Gasteiger partial charge in [-0.3, -0.25) is 4.79 Å². The Morgan fingerprint density at radius 2 is 1.83 bits per heavy atom. The van der Waals surface area contributed by atoms with Crippen molar-refractivity contribution in [2.45, 2.75) is 26.2 Å². The fraction of sp³-hybridized carbons (Fsp3) is 0.235. The van der Waals surface area contributed by atoms with E-state index >= 15 is 0 Å². The number of carbonyl (C=O) groups is 1. The van der Waals surface area contributed by atoms with E-state index < -0.39 is 0 Å². The van der Waals surface area contributed by atoms with Gasteiger partial charge in [-0.2, -0.15) is 0 Å². The molecule has 1 heterocycles. The van der Waals surface area contributed by atoms with Gasteiger partial charge in [0.15, 0.2) is 0 Å². The van der Waals surface area contributed by atoms with Crippen LogP contribution in [0, 0.1) is 0 Å². The lowest BCUT2D eigenvalue weighted by atomic mass is 9.85. The summed E-state index contributed by atoms with van der Waals surface area (Å²) in [7, 11) is 0. The van der Waals surface area contributed by atoms with E-state index in [-0.39, 0.29) is 11.2 Å². The SMILES string of the molecule is CC(C)(C)c1cc(C=O)cc(-n2nc3ccc(Cl)cc3n2)c1O. The largest absolute Gasteiger partial charge is 0.505 e. The molecule has 0 atom stereocenters. The number of aromatic nitrogens is 3. The molecule has 0 aliphatic rings. The molecule has 0 fully saturated rings. The van der Waals surface area contributed by atoms with Crippen molar-refractivity contribution in [3.8, 4) is 11.4 Å². The molecule has 5 nitrogen and oxygen atoms in total. The summed E-state index contributed by atoms with van der Waals surface area (Å²) in [5.41, 5.74) is 2.44. The number of nitrogens with zero attached hydrogens (tertiary/aromatic N) is 3. The van der Waals surface area contributed by atoms with Gasteiger partial charge in [0.2, 0.25) is 0 Å². The highest BCUT2D eigenvalue weighted by Gasteiger charge is 2.23. The molecule has 0 saturated heterocycles. The van der Waals surface area contributed by atoms with Crippen LogP contribution in [-0.4, -0.2) is 26.4 Å². The van der Waals surface area contributed by atoms with Gasteiger partial charge in [-0.1, -0.05) is 32.4 Å². The molecular weight excluding hydrogens is 314 g/mol. The molecule has 0 amide bonds. The number of aromatic hydroxyl groups is 1. The molecule has 0 aliphatic carbocycles. The van der Waals surface area contributed by atoms with Crippen molar-refractivity contribution in [1.82, 2.24) is 15.0 Å². The predicted molar refractivity (Wildman–Crippen MR) is 89.6 cm³/mol. The second-order valence-corrected chi connectivity index (χ2v) is 6.86. The molecular formula is C17H16ClN3O2. The molecule has 2 aromatic carbocycles. The highest BCUT2D eigenvalue weighted by molar-refractivity contribution is 6.31. The number of phenolic OH excluding ortho intramolecular Hbond substituents is 1. The lowest BCUT2D eigenvalue weighted by Gasteiger charge is -2.22. The van der Waals surface area contributed by atoms with Gasteiger partial charge in [-0.05, 0) is 35.7 Å². The molecule has 23 heavy (non-hydrogen) atoms. The third kappa shape index (κ3) is 2.80. The Morgan fingerprint density at radius 3 is 2.48 bits per heavy atom. The predicted octanol–water partition coefficient (Wildman–Crippen LogP) is 3.89. The number of benzene rings is 2. The van der Waals surface area contributed by atoms with Gasteiger partial charge < -0.3 is 5.11 Å². The maximum Gasteiger partial charge on any atom is 0.150 e. The molecule has 0 aliphatic heterocycles. The van der Waals surface area contributed by atoms with Gasteiger partial charge in [0.1, 0.15) is 28.8 Å². The van der Waals surface area contributed by atoms with Crippen molar-refractivity contribution in [2.75, 3.05) is 0 Å². The van der Waals surface area contributed by atoms with Crippen LogP contribution in [0.25, 0.3) is 16.7 Å². The first-order valence-corrected chi connectivity index (χ1v) is 7.53. The minimum Gasteiger partial charge on any atom is -0.505 e. The molecule has 1 aromatic heterocycles. The van der Waals surface area contributed by atoms with Gasteiger partial charge in [-0.15, -0.1) is 15.0 Å². The molecule has 118 valence electrons. The molecule has 0 spiro atoms. The van der Waals surface area contributed by atoms with E-state index in [1.807, 2.05) is 20.8 Å². The van der Waals surface area contributed by atoms with E-state index in [0.29, 0.717) is 32.9 Å². The van der Waals surface area contributed by atoms with Crippen molar-refractivity contribution in [3.05, 3.63) is 46.5 Å². The Bertz CT molecular complexity index is 910. The normalized spacial score (nSPS) is 11.8. The van der Waals surface area contributed by atoms with Crippen molar-refractivity contribution in [3.63, 3.8) is 0 Å². The van der Waals surface area contributed by atoms with Crippen LogP contribution >= 0.6 is 11.6 Å². The molecule has 3 aromatic rings. The maximum atomic E-state index is 11.2. The second-order valence-electron chi connectivity index (χ2n) is 6.43. The Labute approximate surface area is 138 Å². The number of halogens is 1. The van der Waals surface area contributed by atoms with E-state index in [2.05, 4.69) is 10.2 Å². The standard InChI is InChI=1S/C17H16ClN3O2/c1-17(2,3)12-6-10(9-22)7-15(16(12)23)21-19-13-5-4-11(18)8-14(13)20-21/h4-9,23H,1-3H3. The van der Waals surface area contributed by atoms with Crippen molar-refractivity contribution < 1.29 is 9.90 Å². The highest BCUT2D eigenvalue weighted by Crippen LogP contribution is 2.36. The fourth-order valence-corrected chi connectivity index (χ4v) is 2.59. The minimum absolute atomic E-state index is 0.0644. The number of hydrogen-bond acceptors (Lipinski definition) is 4. The molecule has 1 N–H and O–H groups in total. The zero-order chi connectivity index (χ0) is 16.8. The van der Waals surface area contributed by atoms with Crippen LogP contribution in [0.15, 0.2) is 30.3 Å². The number of fused-ring (bicyclic) bond motifs is 1. The number of rotatable bonds is 2. The Hall–Kier alpha value is -2.40. The third-order valence-electron chi connectivity index (χ3n) is 3.61. The van der Waals surface area contributed by atoms with Crippen molar-refractivity contribution in [2.24, 2.45) is 0 Å². The first-order valence-electron chi connectivity index (χ1n) is 7.15. The van der Waals surface area contributed by atoms with E-state index in [0.717, 1.165) is 6.29 Å². The lowest BCUT2D eigenvalue weighted by molar-refractivity contribution is 0.112. The van der Waals surface area contributed by atoms with Crippen LogP contribution in [0.4, 0.5) is 0 Å². The maximum absolute atomic E-state index is 11.2. The van der Waals surface area contributed by atoms with Crippen LogP contribution in [0.1, 0.15) is 36.7 Å². The fourth-order valence-electron chi connectivity index (χ4n) is 2.43. The van der Waals surface area contributed by atoms with Gasteiger partial charge >= 0.3 is 0 Å². The Morgan fingerprint density at radius 1 is 1.13 bits per heavy atom. The summed E-state index contributed by atoms with van der Waals surface area (Å²) >= 11 is 5.97. The summed E-state index contributed by atoms with van der Waals surface area (Å²) in [6.45, 7) is 5.90. The average Bonchev–Trinajstić information content (AvgIpc) is 2.89. The number of aldehydes is 1. The topological polar surface area (TPSA) is 68.0 Å². The monoisotopic (exact) mass is 329 g/mol. The zero-order valence-corrected chi connectivity index (χ0v) is 13.8. The van der Waals surface area contributed by atoms with Gasteiger partial charge in [-0.25, -0.2) is 0 Å². The zero-order valence-electron chi connectivity index (χ0n) is 13.0. The molecule has 6 heteroatoms. The third-order valence-corrected chi connectivity index (χ3v) is 3.85. The van der Waals surface area contributed by atoms with Gasteiger partial charge in [0.05, 0.1) is 0 Å². The van der Waals surface area contributed by atoms with Crippen molar-refractivity contribution in [1.29, 1.82) is 0 Å². The summed E-state index contributed by atoms with van der Waals surface area (Å²) in [6, 6.07) is 8.44. The first-order chi connectivity index (χ1) is 10.8.